The number of aromatic nitrogens is 1. The summed E-state index contributed by atoms with van der Waals surface area (Å²) in [4.78, 5) is 4.61. The van der Waals surface area contributed by atoms with Gasteiger partial charge in [0.1, 0.15) is 0 Å². The Hall–Kier alpha value is -2.38. The summed E-state index contributed by atoms with van der Waals surface area (Å²) < 4.78 is 25.0. The van der Waals surface area contributed by atoms with Gasteiger partial charge in [-0.25, -0.2) is 13.4 Å². The normalized spacial score (nSPS) is 11.3. The monoisotopic (exact) mass is 373 g/mol. The van der Waals surface area contributed by atoms with Crippen molar-refractivity contribution >= 4 is 37.9 Å². The van der Waals surface area contributed by atoms with Gasteiger partial charge in [-0.2, -0.15) is 0 Å². The quantitative estimate of drug-likeness (QED) is 0.689. The Labute approximate surface area is 151 Å². The molecule has 0 bridgehead atoms. The summed E-state index contributed by atoms with van der Waals surface area (Å²) in [5, 5.41) is 6.13. The summed E-state index contributed by atoms with van der Waals surface area (Å²) in [5.41, 5.74) is 5.74. The van der Waals surface area contributed by atoms with E-state index in [1.807, 2.05) is 17.5 Å². The molecule has 0 aliphatic heterocycles. The standard InChI is InChI=1S/C18H19N3O2S2/c1-12-8-13(2)10-16(9-12)19-18-20-17(11-24-18)14-4-6-15(7-5-14)21-25(3,22)23/h4-11,21H,1-3H3,(H,19,20). The Kier molecular flexibility index (Phi) is 4.78. The van der Waals surface area contributed by atoms with Gasteiger partial charge in [-0.1, -0.05) is 18.2 Å². The van der Waals surface area contributed by atoms with Crippen LogP contribution in [0, 0.1) is 13.8 Å². The van der Waals surface area contributed by atoms with Crippen molar-refractivity contribution in [1.29, 1.82) is 0 Å². The molecule has 0 amide bonds. The summed E-state index contributed by atoms with van der Waals surface area (Å²) in [6.45, 7) is 4.13. The van der Waals surface area contributed by atoms with Gasteiger partial charge in [0.05, 0.1) is 11.9 Å². The van der Waals surface area contributed by atoms with Crippen LogP contribution in [0.5, 0.6) is 0 Å². The molecule has 0 atom stereocenters. The second-order valence-electron chi connectivity index (χ2n) is 5.99. The molecule has 0 radical (unpaired) electrons. The van der Waals surface area contributed by atoms with E-state index in [9.17, 15) is 8.42 Å². The number of thiazole rings is 1. The lowest BCUT2D eigenvalue weighted by Crippen LogP contribution is -2.09. The number of sulfonamides is 1. The molecule has 0 saturated carbocycles. The highest BCUT2D eigenvalue weighted by molar-refractivity contribution is 7.92. The van der Waals surface area contributed by atoms with E-state index in [4.69, 9.17) is 0 Å². The first-order chi connectivity index (χ1) is 11.8. The summed E-state index contributed by atoms with van der Waals surface area (Å²) in [6, 6.07) is 13.5. The molecule has 0 saturated heterocycles. The topological polar surface area (TPSA) is 71.1 Å². The van der Waals surface area contributed by atoms with E-state index in [0.29, 0.717) is 5.69 Å². The van der Waals surface area contributed by atoms with Crippen LogP contribution in [-0.2, 0) is 10.0 Å². The zero-order valence-electron chi connectivity index (χ0n) is 14.2. The van der Waals surface area contributed by atoms with Gasteiger partial charge in [-0.05, 0) is 49.2 Å². The molecule has 5 nitrogen and oxygen atoms in total. The van der Waals surface area contributed by atoms with Crippen LogP contribution >= 0.6 is 11.3 Å². The fraction of sp³-hybridized carbons (Fsp3) is 0.167. The van der Waals surface area contributed by atoms with E-state index < -0.39 is 10.0 Å². The molecule has 1 heterocycles. The maximum Gasteiger partial charge on any atom is 0.229 e. The smallest absolute Gasteiger partial charge is 0.229 e. The summed E-state index contributed by atoms with van der Waals surface area (Å²) in [6.07, 6.45) is 1.13. The van der Waals surface area contributed by atoms with E-state index in [0.717, 1.165) is 28.3 Å². The number of benzene rings is 2. The number of aryl methyl sites for hydroxylation is 2. The first-order valence-corrected chi connectivity index (χ1v) is 10.4. The van der Waals surface area contributed by atoms with E-state index in [1.165, 1.54) is 22.5 Å². The highest BCUT2D eigenvalue weighted by Crippen LogP contribution is 2.28. The van der Waals surface area contributed by atoms with Crippen molar-refractivity contribution in [3.8, 4) is 11.3 Å². The van der Waals surface area contributed by atoms with Crippen molar-refractivity contribution in [2.24, 2.45) is 0 Å². The third kappa shape index (κ3) is 4.80. The lowest BCUT2D eigenvalue weighted by Gasteiger charge is -2.06. The molecule has 2 N–H and O–H groups in total. The average molecular weight is 374 g/mol. The van der Waals surface area contributed by atoms with Crippen LogP contribution in [0.15, 0.2) is 47.8 Å². The van der Waals surface area contributed by atoms with Crippen LogP contribution in [0.3, 0.4) is 0 Å². The van der Waals surface area contributed by atoms with Crippen molar-refractivity contribution in [2.45, 2.75) is 13.8 Å². The van der Waals surface area contributed by atoms with Crippen molar-refractivity contribution in [2.75, 3.05) is 16.3 Å². The van der Waals surface area contributed by atoms with Gasteiger partial charge < -0.3 is 5.32 Å². The Morgan fingerprint density at radius 1 is 0.960 bits per heavy atom. The molecule has 0 aliphatic carbocycles. The highest BCUT2D eigenvalue weighted by Gasteiger charge is 2.07. The molecule has 0 aliphatic rings. The molecule has 1 aromatic heterocycles. The molecule has 3 rings (SSSR count). The van der Waals surface area contributed by atoms with E-state index in [2.05, 4.69) is 47.1 Å². The average Bonchev–Trinajstić information content (AvgIpc) is 2.93. The number of anilines is 3. The van der Waals surface area contributed by atoms with Gasteiger partial charge in [-0.15, -0.1) is 11.3 Å². The fourth-order valence-corrected chi connectivity index (χ4v) is 3.86. The van der Waals surface area contributed by atoms with Gasteiger partial charge in [-0.3, -0.25) is 4.72 Å². The first kappa shape index (κ1) is 17.4. The molecular formula is C18H19N3O2S2. The van der Waals surface area contributed by atoms with Gasteiger partial charge in [0.2, 0.25) is 10.0 Å². The molecule has 0 fully saturated rings. The van der Waals surface area contributed by atoms with Crippen molar-refractivity contribution in [3.63, 3.8) is 0 Å². The Balaban J connectivity index is 1.77. The van der Waals surface area contributed by atoms with Gasteiger partial charge in [0, 0.05) is 22.3 Å². The van der Waals surface area contributed by atoms with E-state index >= 15 is 0 Å². The number of hydrogen-bond donors (Lipinski definition) is 2. The number of rotatable bonds is 5. The lowest BCUT2D eigenvalue weighted by atomic mass is 10.1. The molecule has 0 spiro atoms. The largest absolute Gasteiger partial charge is 0.332 e. The third-order valence-corrected chi connectivity index (χ3v) is 4.83. The van der Waals surface area contributed by atoms with Gasteiger partial charge in [0.25, 0.3) is 0 Å². The minimum absolute atomic E-state index is 0.537. The molecular weight excluding hydrogens is 354 g/mol. The highest BCUT2D eigenvalue weighted by atomic mass is 32.2. The second kappa shape index (κ2) is 6.85. The van der Waals surface area contributed by atoms with Crippen LogP contribution in [0.25, 0.3) is 11.3 Å². The Morgan fingerprint density at radius 2 is 1.60 bits per heavy atom. The van der Waals surface area contributed by atoms with Crippen molar-refractivity contribution in [1.82, 2.24) is 4.98 Å². The molecule has 25 heavy (non-hydrogen) atoms. The van der Waals surface area contributed by atoms with Crippen molar-refractivity contribution in [3.05, 3.63) is 59.0 Å². The van der Waals surface area contributed by atoms with E-state index in [1.54, 1.807) is 12.1 Å². The third-order valence-electron chi connectivity index (χ3n) is 3.46. The molecule has 2 aromatic carbocycles. The zero-order chi connectivity index (χ0) is 18.0. The Bertz CT molecular complexity index is 973. The van der Waals surface area contributed by atoms with Crippen LogP contribution in [0.2, 0.25) is 0 Å². The minimum Gasteiger partial charge on any atom is -0.332 e. The second-order valence-corrected chi connectivity index (χ2v) is 8.60. The van der Waals surface area contributed by atoms with Crippen LogP contribution in [0.1, 0.15) is 11.1 Å². The van der Waals surface area contributed by atoms with Crippen LogP contribution in [0.4, 0.5) is 16.5 Å². The van der Waals surface area contributed by atoms with E-state index in [-0.39, 0.29) is 0 Å². The van der Waals surface area contributed by atoms with Crippen LogP contribution in [-0.4, -0.2) is 19.7 Å². The zero-order valence-corrected chi connectivity index (χ0v) is 15.8. The molecule has 0 unspecified atom stereocenters. The fourth-order valence-electron chi connectivity index (χ4n) is 2.56. The maximum absolute atomic E-state index is 11.3. The minimum atomic E-state index is -3.27. The van der Waals surface area contributed by atoms with Crippen LogP contribution < -0.4 is 10.0 Å². The number of nitrogens with one attached hydrogen (secondary N) is 2. The molecule has 7 heteroatoms. The van der Waals surface area contributed by atoms with Gasteiger partial charge >= 0.3 is 0 Å². The first-order valence-electron chi connectivity index (χ1n) is 7.67. The summed E-state index contributed by atoms with van der Waals surface area (Å²) >= 11 is 1.53. The van der Waals surface area contributed by atoms with Gasteiger partial charge in [0.15, 0.2) is 5.13 Å². The summed E-state index contributed by atoms with van der Waals surface area (Å²) in [5.74, 6) is 0. The predicted molar refractivity (Wildman–Crippen MR) is 105 cm³/mol. The number of hydrogen-bond acceptors (Lipinski definition) is 5. The summed E-state index contributed by atoms with van der Waals surface area (Å²) in [7, 11) is -3.27. The van der Waals surface area contributed by atoms with Crippen molar-refractivity contribution < 1.29 is 8.42 Å². The SMILES string of the molecule is Cc1cc(C)cc(Nc2nc(-c3ccc(NS(C)(=O)=O)cc3)cs2)c1. The molecule has 130 valence electrons. The molecule has 3 aromatic rings. The lowest BCUT2D eigenvalue weighted by molar-refractivity contribution is 0.607. The number of nitrogens with zero attached hydrogens (tertiary/aromatic N) is 1. The predicted octanol–water partition coefficient (Wildman–Crippen LogP) is 4.54. The maximum atomic E-state index is 11.3. The Morgan fingerprint density at radius 3 is 2.20 bits per heavy atom.